The highest BCUT2D eigenvalue weighted by Gasteiger charge is 2.46. The Morgan fingerprint density at radius 1 is 1.08 bits per heavy atom. The average Bonchev–Trinajstić information content (AvgIpc) is 2.61. The molecule has 2 aromatic carbocycles. The summed E-state index contributed by atoms with van der Waals surface area (Å²) in [6.07, 6.45) is -5.15. The SMILES string of the molecule is COc1ccc(N2N=C(C(F)(F)F)[C@@H](c3ccc(F)cc3)CC2=O)cc1. The number of ether oxygens (including phenoxy) is 1. The van der Waals surface area contributed by atoms with E-state index < -0.39 is 36.0 Å². The fourth-order valence-corrected chi connectivity index (χ4v) is 2.74. The minimum atomic E-state index is -4.73. The number of carbonyl (C=O) groups is 1. The van der Waals surface area contributed by atoms with Gasteiger partial charge in [0.1, 0.15) is 11.6 Å². The van der Waals surface area contributed by atoms with Gasteiger partial charge in [0.05, 0.1) is 12.8 Å². The summed E-state index contributed by atoms with van der Waals surface area (Å²) in [7, 11) is 1.45. The smallest absolute Gasteiger partial charge is 0.431 e. The van der Waals surface area contributed by atoms with E-state index >= 15 is 0 Å². The Kier molecular flexibility index (Phi) is 4.67. The quantitative estimate of drug-likeness (QED) is 0.761. The molecule has 8 heteroatoms. The van der Waals surface area contributed by atoms with Crippen molar-refractivity contribution >= 4 is 17.3 Å². The molecule has 0 radical (unpaired) electrons. The molecule has 0 bridgehead atoms. The van der Waals surface area contributed by atoms with Crippen molar-refractivity contribution < 1.29 is 27.1 Å². The van der Waals surface area contributed by atoms with E-state index in [1.54, 1.807) is 0 Å². The van der Waals surface area contributed by atoms with E-state index in [2.05, 4.69) is 5.10 Å². The molecule has 1 aliphatic heterocycles. The summed E-state index contributed by atoms with van der Waals surface area (Å²) in [4.78, 5) is 12.4. The molecule has 1 atom stereocenters. The van der Waals surface area contributed by atoms with Crippen molar-refractivity contribution in [1.82, 2.24) is 0 Å². The van der Waals surface area contributed by atoms with Gasteiger partial charge in [-0.15, -0.1) is 0 Å². The molecule has 0 N–H and O–H groups in total. The molecule has 0 aromatic heterocycles. The molecule has 3 rings (SSSR count). The van der Waals surface area contributed by atoms with Gasteiger partial charge < -0.3 is 4.74 Å². The Balaban J connectivity index is 2.02. The molecule has 1 amide bonds. The van der Waals surface area contributed by atoms with Gasteiger partial charge in [0.2, 0.25) is 5.91 Å². The fourth-order valence-electron chi connectivity index (χ4n) is 2.74. The third-order valence-electron chi connectivity index (χ3n) is 4.03. The molecule has 4 nitrogen and oxygen atoms in total. The number of nitrogens with zero attached hydrogens (tertiary/aromatic N) is 2. The fraction of sp³-hybridized carbons (Fsp3) is 0.222. The average molecular weight is 366 g/mol. The summed E-state index contributed by atoms with van der Waals surface area (Å²) in [5.41, 5.74) is -0.708. The third kappa shape index (κ3) is 3.54. The van der Waals surface area contributed by atoms with Crippen molar-refractivity contribution in [2.45, 2.75) is 18.5 Å². The summed E-state index contributed by atoms with van der Waals surface area (Å²) in [6, 6.07) is 10.5. The van der Waals surface area contributed by atoms with Crippen molar-refractivity contribution in [2.24, 2.45) is 5.10 Å². The van der Waals surface area contributed by atoms with E-state index in [4.69, 9.17) is 4.74 Å². The first-order valence-corrected chi connectivity index (χ1v) is 7.68. The van der Waals surface area contributed by atoms with Gasteiger partial charge in [-0.05, 0) is 42.0 Å². The Morgan fingerprint density at radius 2 is 1.69 bits per heavy atom. The highest BCUT2D eigenvalue weighted by molar-refractivity contribution is 6.07. The zero-order valence-corrected chi connectivity index (χ0v) is 13.6. The van der Waals surface area contributed by atoms with Crippen LogP contribution in [0, 0.1) is 5.82 Å². The van der Waals surface area contributed by atoms with Crippen LogP contribution in [0.4, 0.5) is 23.2 Å². The van der Waals surface area contributed by atoms with Crippen molar-refractivity contribution in [3.8, 4) is 5.75 Å². The third-order valence-corrected chi connectivity index (χ3v) is 4.03. The van der Waals surface area contributed by atoms with E-state index in [9.17, 15) is 22.4 Å². The molecule has 1 aliphatic rings. The molecule has 0 aliphatic carbocycles. The Hall–Kier alpha value is -2.90. The second-order valence-corrected chi connectivity index (χ2v) is 5.69. The number of carbonyl (C=O) groups excluding carboxylic acids is 1. The second-order valence-electron chi connectivity index (χ2n) is 5.69. The van der Waals surface area contributed by atoms with E-state index in [0.717, 1.165) is 17.1 Å². The summed E-state index contributed by atoms with van der Waals surface area (Å²) in [6.45, 7) is 0. The Labute approximate surface area is 146 Å². The Bertz CT molecular complexity index is 830. The van der Waals surface area contributed by atoms with Crippen molar-refractivity contribution in [3.63, 3.8) is 0 Å². The number of hydrogen-bond acceptors (Lipinski definition) is 3. The molecule has 0 saturated heterocycles. The van der Waals surface area contributed by atoms with Gasteiger partial charge in [0.25, 0.3) is 0 Å². The maximum absolute atomic E-state index is 13.5. The number of hydrogen-bond donors (Lipinski definition) is 0. The van der Waals surface area contributed by atoms with Gasteiger partial charge in [-0.2, -0.15) is 18.3 Å². The van der Waals surface area contributed by atoms with Gasteiger partial charge >= 0.3 is 6.18 Å². The standard InChI is InChI=1S/C18H14F4N2O2/c1-26-14-8-6-13(7-9-14)24-16(25)10-15(17(23-24)18(20,21)22)11-2-4-12(19)5-3-11/h2-9,15H,10H2,1H3/t15-/m1/s1. The largest absolute Gasteiger partial charge is 0.497 e. The van der Waals surface area contributed by atoms with Gasteiger partial charge in [-0.3, -0.25) is 4.79 Å². The van der Waals surface area contributed by atoms with Crippen LogP contribution in [0.1, 0.15) is 17.9 Å². The van der Waals surface area contributed by atoms with Crippen molar-refractivity contribution in [2.75, 3.05) is 12.1 Å². The van der Waals surface area contributed by atoms with Gasteiger partial charge in [-0.1, -0.05) is 12.1 Å². The molecular formula is C18H14F4N2O2. The lowest BCUT2D eigenvalue weighted by atomic mass is 9.89. The molecular weight excluding hydrogens is 352 g/mol. The zero-order chi connectivity index (χ0) is 18.9. The highest BCUT2D eigenvalue weighted by Crippen LogP contribution is 2.36. The van der Waals surface area contributed by atoms with Crippen LogP contribution in [0.2, 0.25) is 0 Å². The first-order valence-electron chi connectivity index (χ1n) is 7.68. The maximum atomic E-state index is 13.5. The predicted molar refractivity (Wildman–Crippen MR) is 87.7 cm³/mol. The number of amides is 1. The normalized spacial score (nSPS) is 17.9. The molecule has 0 unspecified atom stereocenters. The number of alkyl halides is 3. The van der Waals surface area contributed by atoms with E-state index in [0.29, 0.717) is 5.75 Å². The van der Waals surface area contributed by atoms with Gasteiger partial charge in [0, 0.05) is 12.3 Å². The van der Waals surface area contributed by atoms with Gasteiger partial charge in [0.15, 0.2) is 5.71 Å². The maximum Gasteiger partial charge on any atom is 0.431 e. The van der Waals surface area contributed by atoms with Crippen LogP contribution >= 0.6 is 0 Å². The van der Waals surface area contributed by atoms with Crippen LogP contribution in [-0.2, 0) is 4.79 Å². The molecule has 26 heavy (non-hydrogen) atoms. The van der Waals surface area contributed by atoms with Crippen LogP contribution in [0.3, 0.4) is 0 Å². The van der Waals surface area contributed by atoms with E-state index in [1.807, 2.05) is 0 Å². The highest BCUT2D eigenvalue weighted by atomic mass is 19.4. The molecule has 136 valence electrons. The minimum Gasteiger partial charge on any atom is -0.497 e. The lowest BCUT2D eigenvalue weighted by Gasteiger charge is -2.30. The zero-order valence-electron chi connectivity index (χ0n) is 13.6. The monoisotopic (exact) mass is 366 g/mol. The lowest BCUT2D eigenvalue weighted by Crippen LogP contribution is -2.42. The predicted octanol–water partition coefficient (Wildman–Crippen LogP) is 4.27. The van der Waals surface area contributed by atoms with Crippen LogP contribution in [0.5, 0.6) is 5.75 Å². The van der Waals surface area contributed by atoms with Gasteiger partial charge in [-0.25, -0.2) is 9.40 Å². The number of benzene rings is 2. The first-order chi connectivity index (χ1) is 12.3. The van der Waals surface area contributed by atoms with Crippen molar-refractivity contribution in [3.05, 3.63) is 59.9 Å². The number of hydrazone groups is 1. The summed E-state index contributed by atoms with van der Waals surface area (Å²) in [5.74, 6) is -1.93. The Morgan fingerprint density at radius 3 is 2.23 bits per heavy atom. The van der Waals surface area contributed by atoms with Crippen molar-refractivity contribution in [1.29, 1.82) is 0 Å². The van der Waals surface area contributed by atoms with Crippen LogP contribution < -0.4 is 9.75 Å². The molecule has 1 heterocycles. The lowest BCUT2D eigenvalue weighted by molar-refractivity contribution is -0.119. The number of anilines is 1. The number of halogens is 4. The number of methoxy groups -OCH3 is 1. The van der Waals surface area contributed by atoms with Crippen LogP contribution in [0.15, 0.2) is 53.6 Å². The molecule has 0 saturated carbocycles. The first kappa shape index (κ1) is 17.9. The summed E-state index contributed by atoms with van der Waals surface area (Å²) < 4.78 is 58.6. The van der Waals surface area contributed by atoms with Crippen LogP contribution in [-0.4, -0.2) is 24.9 Å². The summed E-state index contributed by atoms with van der Waals surface area (Å²) >= 11 is 0. The number of rotatable bonds is 3. The minimum absolute atomic E-state index is 0.185. The van der Waals surface area contributed by atoms with E-state index in [-0.39, 0.29) is 11.3 Å². The second kappa shape index (κ2) is 6.78. The summed E-state index contributed by atoms with van der Waals surface area (Å²) in [5, 5.41) is 4.32. The van der Waals surface area contributed by atoms with Crippen LogP contribution in [0.25, 0.3) is 0 Å². The molecule has 0 spiro atoms. The molecule has 0 fully saturated rings. The van der Waals surface area contributed by atoms with E-state index in [1.165, 1.54) is 43.5 Å². The topological polar surface area (TPSA) is 41.9 Å². The molecule has 2 aromatic rings.